The number of esters is 2. The van der Waals surface area contributed by atoms with Gasteiger partial charge in [-0.15, -0.1) is 0 Å². The maximum atomic E-state index is 13.0. The first-order chi connectivity index (χ1) is 17.1. The van der Waals surface area contributed by atoms with E-state index in [0.717, 1.165) is 31.3 Å². The third-order valence-corrected chi connectivity index (χ3v) is 14.1. The number of cyclic esters (lactones) is 1. The van der Waals surface area contributed by atoms with E-state index in [0.29, 0.717) is 25.2 Å². The standard InChI is InChI=1S/C30H50O6Si/c1-10-19(3)29(33)35-26-14-18(2)13-21-15-25(31)20(4)24(28(21)26)12-11-22-16-23(17-27(32)34-22)36-37(8,9)30(5,6)7/h15,18-20,22-24,26,28H,10-14,16-17H2,1-9H3. The Morgan fingerprint density at radius 2 is 1.81 bits per heavy atom. The summed E-state index contributed by atoms with van der Waals surface area (Å²) < 4.78 is 18.5. The highest BCUT2D eigenvalue weighted by molar-refractivity contribution is 6.74. The van der Waals surface area contributed by atoms with Crippen LogP contribution in [-0.4, -0.2) is 44.4 Å². The highest BCUT2D eigenvalue weighted by Crippen LogP contribution is 2.47. The van der Waals surface area contributed by atoms with Crippen LogP contribution in [0, 0.1) is 29.6 Å². The number of ketones is 1. The predicted molar refractivity (Wildman–Crippen MR) is 147 cm³/mol. The smallest absolute Gasteiger partial charge is 0.308 e. The minimum atomic E-state index is -2.00. The topological polar surface area (TPSA) is 78.9 Å². The average molecular weight is 535 g/mol. The van der Waals surface area contributed by atoms with Crippen LogP contribution < -0.4 is 0 Å². The first-order valence-electron chi connectivity index (χ1n) is 14.4. The first-order valence-corrected chi connectivity index (χ1v) is 17.4. The van der Waals surface area contributed by atoms with Gasteiger partial charge in [-0.2, -0.15) is 0 Å². The summed E-state index contributed by atoms with van der Waals surface area (Å²) in [7, 11) is -2.00. The molecule has 0 N–H and O–H groups in total. The maximum absolute atomic E-state index is 13.0. The number of hydrogen-bond acceptors (Lipinski definition) is 6. The molecular weight excluding hydrogens is 484 g/mol. The number of ether oxygens (including phenoxy) is 2. The van der Waals surface area contributed by atoms with Gasteiger partial charge < -0.3 is 13.9 Å². The van der Waals surface area contributed by atoms with E-state index in [1.165, 1.54) is 0 Å². The van der Waals surface area contributed by atoms with Crippen LogP contribution in [0.4, 0.5) is 0 Å². The molecule has 1 aliphatic heterocycles. The number of carbonyl (C=O) groups excluding carboxylic acids is 3. The lowest BCUT2D eigenvalue weighted by Crippen LogP contribution is -2.47. The maximum Gasteiger partial charge on any atom is 0.308 e. The van der Waals surface area contributed by atoms with Crippen LogP contribution in [0.3, 0.4) is 0 Å². The molecule has 0 radical (unpaired) electrons. The van der Waals surface area contributed by atoms with E-state index >= 15 is 0 Å². The largest absolute Gasteiger partial charge is 0.462 e. The van der Waals surface area contributed by atoms with Crippen molar-refractivity contribution >= 4 is 26.0 Å². The van der Waals surface area contributed by atoms with Gasteiger partial charge in [0.1, 0.15) is 12.2 Å². The molecule has 3 rings (SSSR count). The zero-order valence-electron chi connectivity index (χ0n) is 24.6. The lowest BCUT2D eigenvalue weighted by molar-refractivity contribution is -0.163. The molecule has 0 aromatic heterocycles. The van der Waals surface area contributed by atoms with Crippen LogP contribution in [0.1, 0.15) is 93.4 Å². The van der Waals surface area contributed by atoms with Crippen molar-refractivity contribution in [3.8, 4) is 0 Å². The Kier molecular flexibility index (Phi) is 9.53. The van der Waals surface area contributed by atoms with Crippen LogP contribution in [-0.2, 0) is 28.3 Å². The van der Waals surface area contributed by atoms with Gasteiger partial charge in [-0.1, -0.05) is 54.0 Å². The summed E-state index contributed by atoms with van der Waals surface area (Å²) in [5, 5.41) is 0.0737. The molecule has 1 saturated carbocycles. The Hall–Kier alpha value is -1.47. The van der Waals surface area contributed by atoms with Crippen molar-refractivity contribution in [2.24, 2.45) is 29.6 Å². The van der Waals surface area contributed by atoms with E-state index in [1.807, 2.05) is 26.8 Å². The second-order valence-corrected chi connectivity index (χ2v) is 18.3. The quantitative estimate of drug-likeness (QED) is 0.257. The highest BCUT2D eigenvalue weighted by atomic mass is 28.4. The zero-order chi connectivity index (χ0) is 27.7. The molecule has 0 spiro atoms. The van der Waals surface area contributed by atoms with Gasteiger partial charge in [-0.05, 0) is 68.1 Å². The van der Waals surface area contributed by atoms with Crippen LogP contribution >= 0.6 is 0 Å². The van der Waals surface area contributed by atoms with Gasteiger partial charge in [0.2, 0.25) is 0 Å². The fourth-order valence-electron chi connectivity index (χ4n) is 6.01. The first kappa shape index (κ1) is 30.1. The van der Waals surface area contributed by atoms with E-state index in [4.69, 9.17) is 13.9 Å². The zero-order valence-corrected chi connectivity index (χ0v) is 25.6. The summed E-state index contributed by atoms with van der Waals surface area (Å²) >= 11 is 0. The molecule has 8 atom stereocenters. The van der Waals surface area contributed by atoms with Gasteiger partial charge in [0.05, 0.1) is 18.4 Å². The van der Waals surface area contributed by atoms with E-state index < -0.39 is 8.32 Å². The molecule has 0 aromatic carbocycles. The van der Waals surface area contributed by atoms with Gasteiger partial charge in [-0.25, -0.2) is 0 Å². The van der Waals surface area contributed by atoms with E-state index in [-0.39, 0.29) is 64.7 Å². The minimum Gasteiger partial charge on any atom is -0.462 e. The molecule has 0 amide bonds. The Morgan fingerprint density at radius 3 is 2.43 bits per heavy atom. The second kappa shape index (κ2) is 11.7. The van der Waals surface area contributed by atoms with Gasteiger partial charge in [0, 0.05) is 18.3 Å². The summed E-state index contributed by atoms with van der Waals surface area (Å²) in [4.78, 5) is 38.2. The SMILES string of the molecule is CCC(C)C(=O)OC1CC(C)CC2=CC(=O)C(C)C(CCC3CC(O[Si](C)(C)C(C)(C)C)CC(=O)O3)C21. The molecule has 1 saturated heterocycles. The van der Waals surface area contributed by atoms with E-state index in [9.17, 15) is 14.4 Å². The van der Waals surface area contributed by atoms with Crippen molar-refractivity contribution in [2.45, 2.75) is 130 Å². The van der Waals surface area contributed by atoms with E-state index in [1.54, 1.807) is 0 Å². The summed E-state index contributed by atoms with van der Waals surface area (Å²) in [5.41, 5.74) is 1.13. The van der Waals surface area contributed by atoms with Gasteiger partial charge >= 0.3 is 11.9 Å². The van der Waals surface area contributed by atoms with Crippen molar-refractivity contribution in [1.29, 1.82) is 0 Å². The second-order valence-electron chi connectivity index (χ2n) is 13.6. The summed E-state index contributed by atoms with van der Waals surface area (Å²) in [6.07, 6.45) is 6.19. The number of carbonyl (C=O) groups is 3. The Balaban J connectivity index is 1.74. The van der Waals surface area contributed by atoms with Crippen LogP contribution in [0.25, 0.3) is 0 Å². The molecule has 1 heterocycles. The predicted octanol–water partition coefficient (Wildman–Crippen LogP) is 6.63. The molecule has 37 heavy (non-hydrogen) atoms. The fraction of sp³-hybridized carbons (Fsp3) is 0.833. The summed E-state index contributed by atoms with van der Waals surface area (Å²) in [6.45, 7) is 19.1. The third-order valence-electron chi connectivity index (χ3n) is 9.52. The third kappa shape index (κ3) is 7.14. The van der Waals surface area contributed by atoms with Crippen LogP contribution in [0.5, 0.6) is 0 Å². The Morgan fingerprint density at radius 1 is 1.14 bits per heavy atom. The Labute approximate surface area is 225 Å². The molecule has 0 bridgehead atoms. The fourth-order valence-corrected chi connectivity index (χ4v) is 7.38. The van der Waals surface area contributed by atoms with Crippen molar-refractivity contribution in [1.82, 2.24) is 0 Å². The van der Waals surface area contributed by atoms with Crippen LogP contribution in [0.2, 0.25) is 18.1 Å². The van der Waals surface area contributed by atoms with E-state index in [2.05, 4.69) is 40.8 Å². The van der Waals surface area contributed by atoms with Crippen molar-refractivity contribution in [3.63, 3.8) is 0 Å². The molecule has 6 nitrogen and oxygen atoms in total. The molecule has 210 valence electrons. The molecule has 3 aliphatic rings. The normalized spacial score (nSPS) is 33.8. The average Bonchev–Trinajstić information content (AvgIpc) is 2.77. The molecule has 2 aliphatic carbocycles. The lowest BCUT2D eigenvalue weighted by atomic mass is 9.62. The van der Waals surface area contributed by atoms with Crippen molar-refractivity contribution in [2.75, 3.05) is 0 Å². The van der Waals surface area contributed by atoms with Crippen molar-refractivity contribution in [3.05, 3.63) is 11.6 Å². The molecule has 2 fully saturated rings. The van der Waals surface area contributed by atoms with Crippen LogP contribution in [0.15, 0.2) is 11.6 Å². The molecular formula is C30H50O6Si. The van der Waals surface area contributed by atoms with Crippen molar-refractivity contribution < 1.29 is 28.3 Å². The minimum absolute atomic E-state index is 0.0514. The number of fused-ring (bicyclic) bond motifs is 1. The number of hydrogen-bond donors (Lipinski definition) is 0. The van der Waals surface area contributed by atoms with Gasteiger partial charge in [-0.3, -0.25) is 14.4 Å². The number of rotatable bonds is 8. The molecule has 0 aromatic rings. The highest BCUT2D eigenvalue weighted by Gasteiger charge is 2.47. The molecule has 7 heteroatoms. The summed E-state index contributed by atoms with van der Waals surface area (Å²) in [6, 6.07) is 0. The monoisotopic (exact) mass is 534 g/mol. The number of allylic oxidation sites excluding steroid dienone is 1. The summed E-state index contributed by atoms with van der Waals surface area (Å²) in [5.74, 6) is 0.0291. The van der Waals surface area contributed by atoms with Gasteiger partial charge in [0.15, 0.2) is 14.1 Å². The Bertz CT molecular complexity index is 887. The molecule has 8 unspecified atom stereocenters. The van der Waals surface area contributed by atoms with Gasteiger partial charge in [0.25, 0.3) is 0 Å². The lowest BCUT2D eigenvalue weighted by Gasteiger charge is -2.45.